The van der Waals surface area contributed by atoms with E-state index in [1.165, 1.54) is 0 Å². The van der Waals surface area contributed by atoms with Crippen molar-refractivity contribution in [3.8, 4) is 0 Å². The molecular formula is C11H20N2O5S. The summed E-state index contributed by atoms with van der Waals surface area (Å²) in [5.41, 5.74) is 0. The number of carbonyl (C=O) groups is 2. The zero-order valence-corrected chi connectivity index (χ0v) is 11.8. The molecule has 0 aromatic carbocycles. The van der Waals surface area contributed by atoms with E-state index in [-0.39, 0.29) is 12.5 Å². The van der Waals surface area contributed by atoms with E-state index in [0.29, 0.717) is 10.7 Å². The first-order chi connectivity index (χ1) is 8.86. The summed E-state index contributed by atoms with van der Waals surface area (Å²) in [6.07, 6.45) is 5.42. The number of amides is 2. The van der Waals surface area contributed by atoms with Gasteiger partial charge in [-0.05, 0) is 6.42 Å². The topological polar surface area (TPSA) is 104 Å². The molecule has 1 rings (SSSR count). The van der Waals surface area contributed by atoms with Crippen molar-refractivity contribution in [2.45, 2.75) is 51.5 Å². The monoisotopic (exact) mass is 292 g/mol. The third kappa shape index (κ3) is 4.79. The molecule has 1 unspecified atom stereocenters. The van der Waals surface area contributed by atoms with Gasteiger partial charge in [0.2, 0.25) is 5.91 Å². The van der Waals surface area contributed by atoms with Gasteiger partial charge in [-0.25, -0.2) is 4.31 Å². The third-order valence-corrected chi connectivity index (χ3v) is 3.90. The van der Waals surface area contributed by atoms with E-state index < -0.39 is 22.3 Å². The molecule has 0 aromatic heterocycles. The Morgan fingerprint density at radius 3 is 2.53 bits per heavy atom. The van der Waals surface area contributed by atoms with Gasteiger partial charge in [-0.3, -0.25) is 14.1 Å². The molecule has 0 aliphatic carbocycles. The minimum Gasteiger partial charge on any atom is -0.343 e. The maximum Gasteiger partial charge on any atom is 0.362 e. The van der Waals surface area contributed by atoms with Crippen LogP contribution in [0.4, 0.5) is 0 Å². The molecule has 1 aliphatic heterocycles. The first kappa shape index (κ1) is 15.9. The summed E-state index contributed by atoms with van der Waals surface area (Å²) in [7, 11) is -4.48. The molecule has 1 saturated heterocycles. The molecule has 0 saturated carbocycles. The Hall–Kier alpha value is -1.15. The molecule has 0 spiro atoms. The first-order valence-corrected chi connectivity index (χ1v) is 7.84. The average molecular weight is 292 g/mol. The summed E-state index contributed by atoms with van der Waals surface area (Å²) in [6.45, 7) is 1.91. The summed E-state index contributed by atoms with van der Waals surface area (Å²) in [4.78, 5) is 22.8. The minimum absolute atomic E-state index is 0.195. The van der Waals surface area contributed by atoms with E-state index in [1.807, 2.05) is 0 Å². The van der Waals surface area contributed by atoms with Crippen LogP contribution in [0.2, 0.25) is 0 Å². The smallest absolute Gasteiger partial charge is 0.343 e. The number of carbonyl (C=O) groups excluding carboxylic acids is 2. The van der Waals surface area contributed by atoms with Crippen LogP contribution in [0.3, 0.4) is 0 Å². The van der Waals surface area contributed by atoms with Gasteiger partial charge in [0.05, 0.1) is 6.54 Å². The van der Waals surface area contributed by atoms with Crippen molar-refractivity contribution < 1.29 is 22.6 Å². The van der Waals surface area contributed by atoms with Crippen LogP contribution in [0.15, 0.2) is 0 Å². The van der Waals surface area contributed by atoms with Gasteiger partial charge in [-0.2, -0.15) is 8.42 Å². The molecule has 110 valence electrons. The zero-order chi connectivity index (χ0) is 14.5. The van der Waals surface area contributed by atoms with Crippen LogP contribution >= 0.6 is 0 Å². The van der Waals surface area contributed by atoms with Gasteiger partial charge >= 0.3 is 10.3 Å². The molecule has 2 amide bonds. The molecule has 2 N–H and O–H groups in total. The molecule has 8 heteroatoms. The van der Waals surface area contributed by atoms with E-state index in [4.69, 9.17) is 4.55 Å². The lowest BCUT2D eigenvalue weighted by molar-refractivity contribution is -0.140. The van der Waals surface area contributed by atoms with Crippen molar-refractivity contribution in [1.29, 1.82) is 0 Å². The van der Waals surface area contributed by atoms with Gasteiger partial charge in [0.1, 0.15) is 6.04 Å². The molecular weight excluding hydrogens is 272 g/mol. The quantitative estimate of drug-likeness (QED) is 0.384. The fraction of sp³-hybridized carbons (Fsp3) is 0.818. The van der Waals surface area contributed by atoms with Crippen molar-refractivity contribution in [3.05, 3.63) is 0 Å². The largest absolute Gasteiger partial charge is 0.362 e. The number of nitrogens with zero attached hydrogens (tertiary/aromatic N) is 1. The lowest BCUT2D eigenvalue weighted by Gasteiger charge is -2.35. The third-order valence-electron chi connectivity index (χ3n) is 3.01. The van der Waals surface area contributed by atoms with Gasteiger partial charge in [-0.15, -0.1) is 0 Å². The highest BCUT2D eigenvalue weighted by Crippen LogP contribution is 2.14. The van der Waals surface area contributed by atoms with Crippen LogP contribution in [0.1, 0.15) is 45.4 Å². The maximum atomic E-state index is 11.5. The molecule has 1 fully saturated rings. The van der Waals surface area contributed by atoms with Crippen LogP contribution in [0.25, 0.3) is 0 Å². The Morgan fingerprint density at radius 1 is 1.37 bits per heavy atom. The highest BCUT2D eigenvalue weighted by atomic mass is 32.2. The van der Waals surface area contributed by atoms with E-state index in [2.05, 4.69) is 12.2 Å². The molecule has 0 bridgehead atoms. The van der Waals surface area contributed by atoms with Crippen LogP contribution < -0.4 is 5.32 Å². The number of hydrogen-bond donors (Lipinski definition) is 2. The predicted octanol–water partition coefficient (Wildman–Crippen LogP) is 0.477. The molecule has 0 radical (unpaired) electrons. The summed E-state index contributed by atoms with van der Waals surface area (Å²) >= 11 is 0. The van der Waals surface area contributed by atoms with E-state index in [1.54, 1.807) is 0 Å². The summed E-state index contributed by atoms with van der Waals surface area (Å²) < 4.78 is 30.3. The van der Waals surface area contributed by atoms with Crippen LogP contribution in [0, 0.1) is 0 Å². The van der Waals surface area contributed by atoms with Crippen molar-refractivity contribution in [1.82, 2.24) is 9.62 Å². The number of unbranched alkanes of at least 4 members (excludes halogenated alkanes) is 4. The fourth-order valence-corrected chi connectivity index (χ4v) is 2.56. The molecule has 1 aliphatic rings. The minimum atomic E-state index is -4.48. The lowest BCUT2D eigenvalue weighted by Crippen LogP contribution is -2.65. The normalized spacial score (nSPS) is 19.2. The van der Waals surface area contributed by atoms with Crippen LogP contribution in [0.5, 0.6) is 0 Å². The highest BCUT2D eigenvalue weighted by molar-refractivity contribution is 7.84. The number of hydrogen-bond acceptors (Lipinski definition) is 4. The molecule has 1 heterocycles. The maximum absolute atomic E-state index is 11.5. The number of rotatable bonds is 8. The lowest BCUT2D eigenvalue weighted by atomic mass is 10.1. The van der Waals surface area contributed by atoms with E-state index in [0.717, 1.165) is 32.1 Å². The van der Waals surface area contributed by atoms with Crippen LogP contribution in [-0.2, 0) is 19.9 Å². The van der Waals surface area contributed by atoms with Gasteiger partial charge in [-0.1, -0.05) is 32.6 Å². The number of nitrogens with one attached hydrogen (secondary N) is 1. The highest BCUT2D eigenvalue weighted by Gasteiger charge is 2.44. The van der Waals surface area contributed by atoms with Crippen molar-refractivity contribution in [2.24, 2.45) is 0 Å². The Labute approximate surface area is 113 Å². The SMILES string of the molecule is CCCCCCCC(=O)NC1CN(S(=O)(=O)O)C1=O. The Balaban J connectivity index is 2.20. The van der Waals surface area contributed by atoms with Crippen molar-refractivity contribution in [3.63, 3.8) is 0 Å². The van der Waals surface area contributed by atoms with Gasteiger partial charge in [0, 0.05) is 6.42 Å². The zero-order valence-electron chi connectivity index (χ0n) is 11.0. The van der Waals surface area contributed by atoms with Gasteiger partial charge in [0.15, 0.2) is 0 Å². The summed E-state index contributed by atoms with van der Waals surface area (Å²) in [6, 6.07) is -0.829. The fourth-order valence-electron chi connectivity index (χ4n) is 1.87. The molecule has 0 aromatic rings. The Kier molecular flexibility index (Phi) is 5.74. The molecule has 19 heavy (non-hydrogen) atoms. The van der Waals surface area contributed by atoms with Crippen molar-refractivity contribution >= 4 is 22.1 Å². The number of β-lactam (4-membered cyclic amide) rings is 1. The van der Waals surface area contributed by atoms with E-state index in [9.17, 15) is 18.0 Å². The van der Waals surface area contributed by atoms with Crippen molar-refractivity contribution in [2.75, 3.05) is 6.54 Å². The first-order valence-electron chi connectivity index (χ1n) is 6.44. The molecule has 7 nitrogen and oxygen atoms in total. The van der Waals surface area contributed by atoms with Gasteiger partial charge < -0.3 is 5.32 Å². The second-order valence-electron chi connectivity index (χ2n) is 4.63. The van der Waals surface area contributed by atoms with E-state index >= 15 is 0 Å². The van der Waals surface area contributed by atoms with Gasteiger partial charge in [0.25, 0.3) is 5.91 Å². The summed E-state index contributed by atoms with van der Waals surface area (Å²) in [5, 5.41) is 2.45. The average Bonchev–Trinajstić information content (AvgIpc) is 2.31. The second-order valence-corrected chi connectivity index (χ2v) is 5.97. The second kappa shape index (κ2) is 6.85. The Bertz CT molecular complexity index is 434. The predicted molar refractivity (Wildman–Crippen MR) is 68.6 cm³/mol. The Morgan fingerprint density at radius 2 is 2.00 bits per heavy atom. The standard InChI is InChI=1S/C11H20N2O5S/c1-2-3-4-5-6-7-10(14)12-9-8-13(11(9)15)19(16,17)18/h9H,2-8H2,1H3,(H,12,14)(H,16,17,18). The summed E-state index contributed by atoms with van der Waals surface area (Å²) in [5.74, 6) is -1.05. The van der Waals surface area contributed by atoms with Crippen LogP contribution in [-0.4, -0.2) is 41.7 Å². The molecule has 1 atom stereocenters.